The molecule has 0 spiro atoms. The lowest BCUT2D eigenvalue weighted by Crippen LogP contribution is -2.54. The third-order valence-electron chi connectivity index (χ3n) is 7.43. The predicted octanol–water partition coefficient (Wildman–Crippen LogP) is 6.40. The molecule has 7 nitrogen and oxygen atoms in total. The number of carbonyl (C=O) groups is 2. The quantitative estimate of drug-likeness (QED) is 0.185. The van der Waals surface area contributed by atoms with E-state index in [0.717, 1.165) is 27.4 Å². The summed E-state index contributed by atoms with van der Waals surface area (Å²) in [4.78, 5) is 29.8. The van der Waals surface area contributed by atoms with Crippen LogP contribution in [0.5, 0.6) is 0 Å². The zero-order chi connectivity index (χ0) is 31.7. The molecule has 4 aromatic carbocycles. The molecule has 0 aliphatic rings. The Kier molecular flexibility index (Phi) is 11.2. The highest BCUT2D eigenvalue weighted by molar-refractivity contribution is 7.92. The number of nitrogens with zero attached hydrogens (tertiary/aromatic N) is 2. The highest BCUT2D eigenvalue weighted by Gasteiger charge is 2.35. The largest absolute Gasteiger partial charge is 0.352 e. The molecule has 44 heavy (non-hydrogen) atoms. The Bertz CT molecular complexity index is 1650. The van der Waals surface area contributed by atoms with Gasteiger partial charge in [-0.05, 0) is 67.8 Å². The third kappa shape index (κ3) is 8.49. The highest BCUT2D eigenvalue weighted by atomic mass is 35.5. The minimum Gasteiger partial charge on any atom is -0.352 e. The highest BCUT2D eigenvalue weighted by Crippen LogP contribution is 2.26. The normalized spacial score (nSPS) is 12.6. The molecule has 230 valence electrons. The average Bonchev–Trinajstić information content (AvgIpc) is 3.02. The van der Waals surface area contributed by atoms with Gasteiger partial charge in [-0.2, -0.15) is 0 Å². The van der Waals surface area contributed by atoms with Gasteiger partial charge in [0.2, 0.25) is 11.8 Å². The Balaban J connectivity index is 1.79. The van der Waals surface area contributed by atoms with E-state index in [4.69, 9.17) is 11.6 Å². The first-order valence-electron chi connectivity index (χ1n) is 14.6. The summed E-state index contributed by atoms with van der Waals surface area (Å²) in [5, 5.41) is 3.45. The van der Waals surface area contributed by atoms with Gasteiger partial charge in [-0.15, -0.1) is 0 Å². The topological polar surface area (TPSA) is 86.8 Å². The number of anilines is 1. The number of carbonyl (C=O) groups excluding carboxylic acids is 2. The van der Waals surface area contributed by atoms with Crippen LogP contribution < -0.4 is 9.62 Å². The second-order valence-corrected chi connectivity index (χ2v) is 13.1. The molecule has 0 bridgehead atoms. The van der Waals surface area contributed by atoms with E-state index >= 15 is 0 Å². The fraction of sp³-hybridized carbons (Fsp3) is 0.257. The smallest absolute Gasteiger partial charge is 0.264 e. The summed E-state index contributed by atoms with van der Waals surface area (Å²) < 4.78 is 29.1. The molecule has 4 aromatic rings. The van der Waals surface area contributed by atoms with E-state index in [1.165, 1.54) is 29.2 Å². The summed E-state index contributed by atoms with van der Waals surface area (Å²) in [6.07, 6.45) is 0.979. The first-order valence-corrected chi connectivity index (χ1v) is 16.4. The molecule has 0 radical (unpaired) electrons. The van der Waals surface area contributed by atoms with Crippen LogP contribution in [0.4, 0.5) is 5.69 Å². The zero-order valence-electron chi connectivity index (χ0n) is 25.2. The van der Waals surface area contributed by atoms with Crippen molar-refractivity contribution in [1.29, 1.82) is 0 Å². The monoisotopic (exact) mass is 631 g/mol. The number of aryl methyl sites for hydroxylation is 1. The summed E-state index contributed by atoms with van der Waals surface area (Å²) in [5.41, 5.74) is 3.05. The molecule has 2 amide bonds. The Morgan fingerprint density at radius 3 is 2.07 bits per heavy atom. The van der Waals surface area contributed by atoms with Crippen LogP contribution in [0.1, 0.15) is 37.0 Å². The predicted molar refractivity (Wildman–Crippen MR) is 176 cm³/mol. The van der Waals surface area contributed by atoms with Gasteiger partial charge in [-0.3, -0.25) is 13.9 Å². The minimum absolute atomic E-state index is 0.000800. The molecular weight excluding hydrogens is 594 g/mol. The molecule has 0 fully saturated rings. The summed E-state index contributed by atoms with van der Waals surface area (Å²) in [6, 6.07) is 30.6. The van der Waals surface area contributed by atoms with Crippen molar-refractivity contribution in [3.05, 3.63) is 131 Å². The first kappa shape index (κ1) is 32.8. The van der Waals surface area contributed by atoms with Crippen LogP contribution >= 0.6 is 11.6 Å². The summed E-state index contributed by atoms with van der Waals surface area (Å²) in [7, 11) is -4.18. The van der Waals surface area contributed by atoms with Gasteiger partial charge < -0.3 is 10.2 Å². The van der Waals surface area contributed by atoms with Crippen LogP contribution in [-0.2, 0) is 32.6 Å². The molecule has 0 aliphatic heterocycles. The van der Waals surface area contributed by atoms with Crippen LogP contribution in [0, 0.1) is 6.92 Å². The van der Waals surface area contributed by atoms with E-state index < -0.39 is 28.5 Å². The molecule has 0 aromatic heterocycles. The van der Waals surface area contributed by atoms with Crippen LogP contribution in [-0.4, -0.2) is 43.8 Å². The van der Waals surface area contributed by atoms with E-state index in [-0.39, 0.29) is 29.8 Å². The molecule has 1 N–H and O–H groups in total. The fourth-order valence-corrected chi connectivity index (χ4v) is 6.40. The zero-order valence-corrected chi connectivity index (χ0v) is 26.8. The number of hydrogen-bond acceptors (Lipinski definition) is 4. The van der Waals surface area contributed by atoms with Gasteiger partial charge >= 0.3 is 0 Å². The van der Waals surface area contributed by atoms with E-state index in [1.54, 1.807) is 30.3 Å². The number of para-hydroxylation sites is 1. The maximum Gasteiger partial charge on any atom is 0.264 e. The Hall–Kier alpha value is -4.14. The molecular formula is C35H38ClN3O4S. The van der Waals surface area contributed by atoms with Crippen LogP contribution in [0.25, 0.3) is 0 Å². The van der Waals surface area contributed by atoms with Crippen LogP contribution in [0.2, 0.25) is 5.02 Å². The van der Waals surface area contributed by atoms with Crippen molar-refractivity contribution in [2.24, 2.45) is 0 Å². The standard InChI is InChI=1S/C35H38ClN3O4S/c1-4-27(3)37-35(41)33(23-28-13-7-5-8-14-28)38(24-29-15-11-12-26(2)22-29)34(40)25-39(31-16-9-6-10-17-31)44(42,43)32-20-18-30(36)19-21-32/h5-22,27,33H,4,23-25H2,1-3H3,(H,37,41)/t27-,33+/m0/s1. The van der Waals surface area contributed by atoms with Crippen molar-refractivity contribution < 1.29 is 18.0 Å². The van der Waals surface area contributed by atoms with Gasteiger partial charge in [0.05, 0.1) is 10.6 Å². The number of rotatable bonds is 13. The van der Waals surface area contributed by atoms with Gasteiger partial charge in [0.15, 0.2) is 0 Å². The van der Waals surface area contributed by atoms with Crippen LogP contribution in [0.3, 0.4) is 0 Å². The maximum absolute atomic E-state index is 14.5. The number of amides is 2. The Labute approximate surface area is 265 Å². The third-order valence-corrected chi connectivity index (χ3v) is 9.47. The number of hydrogen-bond donors (Lipinski definition) is 1. The lowest BCUT2D eigenvalue weighted by molar-refractivity contribution is -0.140. The molecule has 0 heterocycles. The minimum atomic E-state index is -4.18. The lowest BCUT2D eigenvalue weighted by Gasteiger charge is -2.34. The maximum atomic E-state index is 14.5. The van der Waals surface area contributed by atoms with Crippen molar-refractivity contribution in [2.45, 2.75) is 57.1 Å². The Morgan fingerprint density at radius 2 is 1.45 bits per heavy atom. The Morgan fingerprint density at radius 1 is 0.841 bits per heavy atom. The summed E-state index contributed by atoms with van der Waals surface area (Å²) >= 11 is 6.04. The SMILES string of the molecule is CC[C@H](C)NC(=O)[C@@H](Cc1ccccc1)N(Cc1cccc(C)c1)C(=O)CN(c1ccccc1)S(=O)(=O)c1ccc(Cl)cc1. The molecule has 0 aliphatic carbocycles. The lowest BCUT2D eigenvalue weighted by atomic mass is 10.0. The summed E-state index contributed by atoms with van der Waals surface area (Å²) in [6.45, 7) is 5.47. The van der Waals surface area contributed by atoms with Gasteiger partial charge in [0, 0.05) is 24.0 Å². The number of nitrogens with one attached hydrogen (secondary N) is 1. The molecule has 0 saturated heterocycles. The van der Waals surface area contributed by atoms with Crippen molar-refractivity contribution in [3.8, 4) is 0 Å². The number of halogens is 1. The average molecular weight is 632 g/mol. The van der Waals surface area contributed by atoms with E-state index in [0.29, 0.717) is 10.7 Å². The fourth-order valence-electron chi connectivity index (χ4n) is 4.86. The van der Waals surface area contributed by atoms with Gasteiger partial charge in [0.1, 0.15) is 12.6 Å². The van der Waals surface area contributed by atoms with Crippen molar-refractivity contribution in [1.82, 2.24) is 10.2 Å². The number of sulfonamides is 1. The summed E-state index contributed by atoms with van der Waals surface area (Å²) in [5.74, 6) is -0.802. The van der Waals surface area contributed by atoms with E-state index in [2.05, 4.69) is 5.32 Å². The molecule has 2 atom stereocenters. The molecule has 4 rings (SSSR count). The number of benzene rings is 4. The second kappa shape index (κ2) is 15.0. The first-order chi connectivity index (χ1) is 21.1. The van der Waals surface area contributed by atoms with Crippen molar-refractivity contribution in [3.63, 3.8) is 0 Å². The van der Waals surface area contributed by atoms with E-state index in [9.17, 15) is 18.0 Å². The van der Waals surface area contributed by atoms with Gasteiger partial charge in [-0.25, -0.2) is 8.42 Å². The van der Waals surface area contributed by atoms with Crippen molar-refractivity contribution >= 4 is 39.1 Å². The molecule has 0 saturated carbocycles. The van der Waals surface area contributed by atoms with Crippen molar-refractivity contribution in [2.75, 3.05) is 10.8 Å². The molecule has 0 unspecified atom stereocenters. The van der Waals surface area contributed by atoms with Gasteiger partial charge in [-0.1, -0.05) is 96.9 Å². The second-order valence-electron chi connectivity index (χ2n) is 10.8. The molecule has 9 heteroatoms. The van der Waals surface area contributed by atoms with Gasteiger partial charge in [0.25, 0.3) is 10.0 Å². The van der Waals surface area contributed by atoms with E-state index in [1.807, 2.05) is 75.4 Å². The van der Waals surface area contributed by atoms with Crippen LogP contribution in [0.15, 0.2) is 114 Å².